The Morgan fingerprint density at radius 3 is 2.42 bits per heavy atom. The topological polar surface area (TPSA) is 38.7 Å². The molecule has 0 radical (unpaired) electrons. The lowest BCUT2D eigenvalue weighted by Crippen LogP contribution is -2.40. The maximum absolute atomic E-state index is 9.97. The Morgan fingerprint density at radius 2 is 2.17 bits per heavy atom. The highest BCUT2D eigenvalue weighted by atomic mass is 16.7. The van der Waals surface area contributed by atoms with E-state index in [0.29, 0.717) is 0 Å². The van der Waals surface area contributed by atoms with Crippen molar-refractivity contribution in [3.63, 3.8) is 0 Å². The molecule has 1 N–H and O–H groups in total. The van der Waals surface area contributed by atoms with E-state index in [1.54, 1.807) is 14.0 Å². The molecular formula is C9H18O3. The Balaban J connectivity index is 2.73. The van der Waals surface area contributed by atoms with E-state index in [0.717, 1.165) is 6.42 Å². The molecule has 0 aromatic heterocycles. The largest absolute Gasteiger partial charge is 0.384 e. The molecule has 12 heavy (non-hydrogen) atoms. The number of methoxy groups -OCH3 is 1. The molecule has 0 aliphatic carbocycles. The third-order valence-electron chi connectivity index (χ3n) is 2.87. The quantitative estimate of drug-likeness (QED) is 0.682. The number of ether oxygens (including phenoxy) is 2. The third-order valence-corrected chi connectivity index (χ3v) is 2.87. The van der Waals surface area contributed by atoms with Crippen molar-refractivity contribution in [2.45, 2.75) is 45.2 Å². The Hall–Kier alpha value is -0.120. The number of hydrogen-bond donors (Lipinski definition) is 1. The van der Waals surface area contributed by atoms with Gasteiger partial charge in [0.25, 0.3) is 0 Å². The minimum atomic E-state index is -0.852. The molecule has 72 valence electrons. The molecule has 3 heteroatoms. The molecule has 1 fully saturated rings. The highest BCUT2D eigenvalue weighted by molar-refractivity contribution is 4.93. The zero-order valence-electron chi connectivity index (χ0n) is 8.20. The summed E-state index contributed by atoms with van der Waals surface area (Å²) in [4.78, 5) is 0. The average Bonchev–Trinajstić information content (AvgIpc) is 2.25. The van der Waals surface area contributed by atoms with Gasteiger partial charge in [0.05, 0.1) is 6.10 Å². The standard InChI is InChI=1S/C9H18O3/c1-5-7-6(2)9(3,10)8(11-4)12-7/h6-8,10H,5H2,1-4H3/t6?,7-,8-,9+/m1/s1. The van der Waals surface area contributed by atoms with Crippen LogP contribution in [0.25, 0.3) is 0 Å². The van der Waals surface area contributed by atoms with Gasteiger partial charge in [-0.2, -0.15) is 0 Å². The van der Waals surface area contributed by atoms with Crippen LogP contribution in [0.2, 0.25) is 0 Å². The monoisotopic (exact) mass is 174 g/mol. The first-order valence-electron chi connectivity index (χ1n) is 4.44. The lowest BCUT2D eigenvalue weighted by atomic mass is 9.88. The zero-order chi connectivity index (χ0) is 9.35. The van der Waals surface area contributed by atoms with Crippen LogP contribution in [-0.2, 0) is 9.47 Å². The first-order chi connectivity index (χ1) is 5.54. The molecule has 0 aromatic carbocycles. The average molecular weight is 174 g/mol. The fourth-order valence-electron chi connectivity index (χ4n) is 1.75. The number of hydrogen-bond acceptors (Lipinski definition) is 3. The molecule has 1 aliphatic rings. The van der Waals surface area contributed by atoms with Crippen LogP contribution in [0.5, 0.6) is 0 Å². The van der Waals surface area contributed by atoms with Crippen molar-refractivity contribution < 1.29 is 14.6 Å². The van der Waals surface area contributed by atoms with Crippen molar-refractivity contribution in [3.05, 3.63) is 0 Å². The molecule has 0 aromatic rings. The normalized spacial score (nSPS) is 48.2. The molecule has 0 amide bonds. The molecule has 0 saturated carbocycles. The van der Waals surface area contributed by atoms with Gasteiger partial charge in [0.2, 0.25) is 0 Å². The van der Waals surface area contributed by atoms with Gasteiger partial charge in [-0.15, -0.1) is 0 Å². The van der Waals surface area contributed by atoms with E-state index in [4.69, 9.17) is 9.47 Å². The van der Waals surface area contributed by atoms with Gasteiger partial charge >= 0.3 is 0 Å². The summed E-state index contributed by atoms with van der Waals surface area (Å²) in [6.45, 7) is 5.81. The summed E-state index contributed by atoms with van der Waals surface area (Å²) in [6, 6.07) is 0. The molecule has 1 rings (SSSR count). The summed E-state index contributed by atoms with van der Waals surface area (Å²) in [7, 11) is 1.56. The van der Waals surface area contributed by atoms with Gasteiger partial charge in [0, 0.05) is 13.0 Å². The van der Waals surface area contributed by atoms with Gasteiger partial charge in [0.1, 0.15) is 5.60 Å². The van der Waals surface area contributed by atoms with Gasteiger partial charge in [-0.25, -0.2) is 0 Å². The fraction of sp³-hybridized carbons (Fsp3) is 1.00. The maximum atomic E-state index is 9.97. The number of rotatable bonds is 2. The third kappa shape index (κ3) is 1.37. The Morgan fingerprint density at radius 1 is 1.58 bits per heavy atom. The summed E-state index contributed by atoms with van der Waals surface area (Å²) in [5.74, 6) is 0.132. The molecule has 1 heterocycles. The van der Waals surface area contributed by atoms with Crippen molar-refractivity contribution in [2.75, 3.05) is 7.11 Å². The van der Waals surface area contributed by atoms with Gasteiger partial charge in [-0.05, 0) is 13.3 Å². The van der Waals surface area contributed by atoms with Crippen LogP contribution in [-0.4, -0.2) is 30.2 Å². The second-order valence-electron chi connectivity index (χ2n) is 3.66. The van der Waals surface area contributed by atoms with Crippen molar-refractivity contribution in [2.24, 2.45) is 5.92 Å². The SMILES string of the molecule is CC[C@H]1O[C@@H](OC)[C@@](C)(O)C1C. The molecule has 4 atom stereocenters. The zero-order valence-corrected chi connectivity index (χ0v) is 8.20. The summed E-state index contributed by atoms with van der Waals surface area (Å²) in [5, 5.41) is 9.97. The van der Waals surface area contributed by atoms with Crippen LogP contribution in [0.4, 0.5) is 0 Å². The van der Waals surface area contributed by atoms with E-state index < -0.39 is 11.9 Å². The highest BCUT2D eigenvalue weighted by Gasteiger charge is 2.49. The highest BCUT2D eigenvalue weighted by Crippen LogP contribution is 2.37. The summed E-state index contributed by atoms with van der Waals surface area (Å²) < 4.78 is 10.6. The molecule has 3 nitrogen and oxygen atoms in total. The summed E-state index contributed by atoms with van der Waals surface area (Å²) in [5.41, 5.74) is -0.852. The second kappa shape index (κ2) is 3.32. The van der Waals surface area contributed by atoms with E-state index in [9.17, 15) is 5.11 Å². The summed E-state index contributed by atoms with van der Waals surface area (Å²) >= 11 is 0. The van der Waals surface area contributed by atoms with Crippen molar-refractivity contribution in [3.8, 4) is 0 Å². The van der Waals surface area contributed by atoms with Crippen molar-refractivity contribution in [1.29, 1.82) is 0 Å². The van der Waals surface area contributed by atoms with Crippen LogP contribution in [0, 0.1) is 5.92 Å². The van der Waals surface area contributed by atoms with Crippen LogP contribution >= 0.6 is 0 Å². The van der Waals surface area contributed by atoms with E-state index in [-0.39, 0.29) is 12.0 Å². The first kappa shape index (κ1) is 9.96. The van der Waals surface area contributed by atoms with E-state index in [2.05, 4.69) is 6.92 Å². The van der Waals surface area contributed by atoms with Crippen LogP contribution < -0.4 is 0 Å². The lowest BCUT2D eigenvalue weighted by molar-refractivity contribution is -0.182. The second-order valence-corrected chi connectivity index (χ2v) is 3.66. The number of aliphatic hydroxyl groups is 1. The predicted molar refractivity (Wildman–Crippen MR) is 45.7 cm³/mol. The van der Waals surface area contributed by atoms with Crippen molar-refractivity contribution >= 4 is 0 Å². The Labute approximate surface area is 73.7 Å². The van der Waals surface area contributed by atoms with Crippen LogP contribution in [0.1, 0.15) is 27.2 Å². The Kier molecular flexibility index (Phi) is 2.76. The minimum absolute atomic E-state index is 0.116. The molecule has 1 aliphatic heterocycles. The van der Waals surface area contributed by atoms with E-state index in [1.165, 1.54) is 0 Å². The van der Waals surface area contributed by atoms with Gasteiger partial charge in [0.15, 0.2) is 6.29 Å². The maximum Gasteiger partial charge on any atom is 0.186 e. The summed E-state index contributed by atoms with van der Waals surface area (Å²) in [6.07, 6.45) is 0.555. The molecule has 1 unspecified atom stereocenters. The molecule has 0 spiro atoms. The van der Waals surface area contributed by atoms with E-state index in [1.807, 2.05) is 6.92 Å². The van der Waals surface area contributed by atoms with Crippen molar-refractivity contribution in [1.82, 2.24) is 0 Å². The Bertz CT molecular complexity index is 152. The molecular weight excluding hydrogens is 156 g/mol. The predicted octanol–water partition coefficient (Wildman–Crippen LogP) is 1.15. The minimum Gasteiger partial charge on any atom is -0.384 e. The smallest absolute Gasteiger partial charge is 0.186 e. The van der Waals surface area contributed by atoms with Gasteiger partial charge in [-0.3, -0.25) is 0 Å². The fourth-order valence-corrected chi connectivity index (χ4v) is 1.75. The first-order valence-corrected chi connectivity index (χ1v) is 4.44. The molecule has 0 bridgehead atoms. The van der Waals surface area contributed by atoms with Gasteiger partial charge < -0.3 is 14.6 Å². The van der Waals surface area contributed by atoms with Gasteiger partial charge in [-0.1, -0.05) is 13.8 Å². The van der Waals surface area contributed by atoms with Crippen LogP contribution in [0.3, 0.4) is 0 Å². The lowest BCUT2D eigenvalue weighted by Gasteiger charge is -2.26. The van der Waals surface area contributed by atoms with E-state index >= 15 is 0 Å². The molecule has 1 saturated heterocycles. The van der Waals surface area contributed by atoms with Crippen LogP contribution in [0.15, 0.2) is 0 Å².